The molecule has 9 aromatic carbocycles. The maximum atomic E-state index is 14.4. The van der Waals surface area contributed by atoms with Crippen LogP contribution in [0.3, 0.4) is 0 Å². The van der Waals surface area contributed by atoms with Crippen LogP contribution < -0.4 is 0 Å². The summed E-state index contributed by atoms with van der Waals surface area (Å²) in [5.74, 6) is 0. The lowest BCUT2D eigenvalue weighted by atomic mass is 9.92. The minimum Gasteiger partial charge on any atom is -0.309 e. The largest absolute Gasteiger partial charge is 0.309 e. The van der Waals surface area contributed by atoms with Gasteiger partial charge in [0.1, 0.15) is 0 Å². The number of fused-ring (bicyclic) bond motifs is 12. The molecule has 0 unspecified atom stereocenters. The van der Waals surface area contributed by atoms with Gasteiger partial charge in [-0.15, -0.1) is 0 Å². The van der Waals surface area contributed by atoms with Crippen LogP contribution in [0, 0.1) is 0 Å². The van der Waals surface area contributed by atoms with Crippen LogP contribution in [-0.2, 0) is 19.7 Å². The zero-order chi connectivity index (χ0) is 41.5. The third-order valence-electron chi connectivity index (χ3n) is 12.8. The molecule has 0 aliphatic carbocycles. The van der Waals surface area contributed by atoms with Gasteiger partial charge in [0.25, 0.3) is 0 Å². The number of sulfone groups is 2. The minimum atomic E-state index is -3.83. The summed E-state index contributed by atoms with van der Waals surface area (Å²) in [7, 11) is -7.66. The van der Waals surface area contributed by atoms with E-state index in [4.69, 9.17) is 0 Å². The van der Waals surface area contributed by atoms with E-state index < -0.39 is 19.7 Å². The summed E-state index contributed by atoms with van der Waals surface area (Å²) in [6.07, 6.45) is 0. The third kappa shape index (κ3) is 4.68. The first kappa shape index (κ1) is 35.3. The van der Waals surface area contributed by atoms with Crippen molar-refractivity contribution in [1.29, 1.82) is 0 Å². The lowest BCUT2D eigenvalue weighted by Gasteiger charge is -2.22. The lowest BCUT2D eigenvalue weighted by molar-refractivity contribution is 0.597. The van der Waals surface area contributed by atoms with Crippen molar-refractivity contribution in [2.24, 2.45) is 0 Å². The lowest BCUT2D eigenvalue weighted by Crippen LogP contribution is -2.05. The predicted molar refractivity (Wildman–Crippen MR) is 248 cm³/mol. The Balaban J connectivity index is 1.21. The van der Waals surface area contributed by atoms with E-state index in [1.54, 1.807) is 24.3 Å². The van der Waals surface area contributed by atoms with Gasteiger partial charge in [-0.2, -0.15) is 0 Å². The number of para-hydroxylation sites is 4. The van der Waals surface area contributed by atoms with Crippen LogP contribution in [0.5, 0.6) is 0 Å². The summed E-state index contributed by atoms with van der Waals surface area (Å²) >= 11 is 0. The highest BCUT2D eigenvalue weighted by Gasteiger charge is 2.35. The van der Waals surface area contributed by atoms with Gasteiger partial charge in [-0.1, -0.05) is 133 Å². The monoisotopic (exact) mass is 836 g/mol. The Morgan fingerprint density at radius 3 is 1.05 bits per heavy atom. The molecule has 2 aliphatic heterocycles. The highest BCUT2D eigenvalue weighted by atomic mass is 32.2. The van der Waals surface area contributed by atoms with Gasteiger partial charge in [0.05, 0.1) is 47.3 Å². The Kier molecular flexibility index (Phi) is 7.12. The van der Waals surface area contributed by atoms with E-state index in [2.05, 4.69) is 69.8 Å². The van der Waals surface area contributed by atoms with Crippen LogP contribution in [0.1, 0.15) is 0 Å². The van der Waals surface area contributed by atoms with Crippen molar-refractivity contribution >= 4 is 63.3 Å². The van der Waals surface area contributed by atoms with Crippen molar-refractivity contribution in [2.75, 3.05) is 0 Å². The molecule has 0 saturated carbocycles. The van der Waals surface area contributed by atoms with Crippen LogP contribution >= 0.6 is 0 Å². The number of benzene rings is 9. The maximum absolute atomic E-state index is 14.4. The zero-order valence-corrected chi connectivity index (χ0v) is 34.5. The number of aromatic nitrogens is 2. The first-order valence-electron chi connectivity index (χ1n) is 20.4. The molecule has 11 aromatic rings. The van der Waals surface area contributed by atoms with Crippen molar-refractivity contribution in [3.63, 3.8) is 0 Å². The molecule has 62 heavy (non-hydrogen) atoms. The van der Waals surface area contributed by atoms with Crippen molar-refractivity contribution in [3.8, 4) is 55.9 Å². The topological polar surface area (TPSA) is 78.1 Å². The van der Waals surface area contributed by atoms with Gasteiger partial charge in [-0.3, -0.25) is 0 Å². The Bertz CT molecular complexity index is 3770. The van der Waals surface area contributed by atoms with E-state index >= 15 is 0 Å². The molecule has 0 spiro atoms. The summed E-state index contributed by atoms with van der Waals surface area (Å²) in [6.45, 7) is 0. The summed E-state index contributed by atoms with van der Waals surface area (Å²) in [4.78, 5) is 1.12. The SMILES string of the molecule is O=S1(=O)c2ccccc2-c2ccc(-c3cc(-n4c5ccccc5c5ccccc54)cc(-c4ccc5c(c4)S(=O)(=O)c4ccccc4-5)c3-n3c4ccccc4c4ccccc43)cc21. The summed E-state index contributed by atoms with van der Waals surface area (Å²) in [6, 6.07) is 63.5. The van der Waals surface area contributed by atoms with Crippen molar-refractivity contribution in [3.05, 3.63) is 194 Å². The van der Waals surface area contributed by atoms with Crippen LogP contribution in [0.25, 0.3) is 99.5 Å². The summed E-state index contributed by atoms with van der Waals surface area (Å²) < 4.78 is 61.9. The molecule has 0 saturated heterocycles. The van der Waals surface area contributed by atoms with Crippen LogP contribution in [0.4, 0.5) is 0 Å². The fraction of sp³-hybridized carbons (Fsp3) is 0. The quantitative estimate of drug-likeness (QED) is 0.177. The first-order valence-corrected chi connectivity index (χ1v) is 23.4. The highest BCUT2D eigenvalue weighted by molar-refractivity contribution is 7.92. The molecule has 6 nitrogen and oxygen atoms in total. The molecule has 0 atom stereocenters. The number of hydrogen-bond acceptors (Lipinski definition) is 4. The maximum Gasteiger partial charge on any atom is 0.207 e. The fourth-order valence-corrected chi connectivity index (χ4v) is 13.6. The Hall–Kier alpha value is -7.52. The molecule has 2 aliphatic rings. The van der Waals surface area contributed by atoms with Crippen molar-refractivity contribution < 1.29 is 16.8 Å². The second kappa shape index (κ2) is 12.5. The molecule has 0 bridgehead atoms. The number of nitrogens with zero attached hydrogens (tertiary/aromatic N) is 2. The van der Waals surface area contributed by atoms with Crippen LogP contribution in [0.15, 0.2) is 214 Å². The molecular weight excluding hydrogens is 805 g/mol. The first-order chi connectivity index (χ1) is 30.3. The second-order valence-electron chi connectivity index (χ2n) is 16.0. The zero-order valence-electron chi connectivity index (χ0n) is 32.8. The van der Waals surface area contributed by atoms with Gasteiger partial charge in [-0.25, -0.2) is 16.8 Å². The van der Waals surface area contributed by atoms with Gasteiger partial charge < -0.3 is 9.13 Å². The van der Waals surface area contributed by atoms with E-state index in [9.17, 15) is 16.8 Å². The molecule has 0 fully saturated rings. The molecule has 8 heteroatoms. The molecule has 294 valence electrons. The molecule has 0 radical (unpaired) electrons. The third-order valence-corrected chi connectivity index (χ3v) is 16.5. The normalized spacial score (nSPS) is 14.3. The predicted octanol–water partition coefficient (Wildman–Crippen LogP) is 12.8. The van der Waals surface area contributed by atoms with Gasteiger partial charge in [0, 0.05) is 60.6 Å². The Labute approximate surface area is 357 Å². The fourth-order valence-electron chi connectivity index (χ4n) is 10.1. The van der Waals surface area contributed by atoms with Crippen molar-refractivity contribution in [2.45, 2.75) is 19.6 Å². The molecule has 0 N–H and O–H groups in total. The Morgan fingerprint density at radius 1 is 0.290 bits per heavy atom. The highest BCUT2D eigenvalue weighted by Crippen LogP contribution is 2.50. The number of rotatable bonds is 4. The number of hydrogen-bond donors (Lipinski definition) is 0. The average Bonchev–Trinajstić information content (AvgIpc) is 3.97. The van der Waals surface area contributed by atoms with E-state index in [1.165, 1.54) is 0 Å². The molecular formula is C54H32N2O4S2. The molecule has 2 aromatic heterocycles. The van der Waals surface area contributed by atoms with Gasteiger partial charge in [0.15, 0.2) is 0 Å². The minimum absolute atomic E-state index is 0.259. The second-order valence-corrected chi connectivity index (χ2v) is 19.8. The molecule has 4 heterocycles. The van der Waals surface area contributed by atoms with Gasteiger partial charge >= 0.3 is 0 Å². The van der Waals surface area contributed by atoms with Crippen LogP contribution in [-0.4, -0.2) is 26.0 Å². The van der Waals surface area contributed by atoms with Crippen molar-refractivity contribution in [1.82, 2.24) is 9.13 Å². The van der Waals surface area contributed by atoms with Gasteiger partial charge in [-0.05, 0) is 71.8 Å². The molecule has 0 amide bonds. The average molecular weight is 837 g/mol. The molecule has 13 rings (SSSR count). The van der Waals surface area contributed by atoms with E-state index in [0.717, 1.165) is 66.1 Å². The summed E-state index contributed by atoms with van der Waals surface area (Å²) in [5, 5.41) is 4.32. The van der Waals surface area contributed by atoms with E-state index in [0.29, 0.717) is 43.2 Å². The summed E-state index contributed by atoms with van der Waals surface area (Å²) in [5.41, 5.74) is 11.3. The standard InChI is InChI=1S/C54H32N2O4S2/c57-61(58)50-23-11-5-17-40(50)42-27-25-33(29-52(42)61)44-31-35(55-46-19-7-1-13-36(46)37-14-2-8-20-47(37)55)32-45(34-26-28-43-41-18-6-12-24-51(41)62(59,60)53(43)30-34)54(44)56-48-21-9-3-15-38(48)39-16-4-10-22-49(39)56/h1-32H. The van der Waals surface area contributed by atoms with E-state index in [1.807, 2.05) is 109 Å². The van der Waals surface area contributed by atoms with E-state index in [-0.39, 0.29) is 9.79 Å². The smallest absolute Gasteiger partial charge is 0.207 e. The Morgan fingerprint density at radius 2 is 0.629 bits per heavy atom. The van der Waals surface area contributed by atoms with Crippen LogP contribution in [0.2, 0.25) is 0 Å². The van der Waals surface area contributed by atoms with Gasteiger partial charge in [0.2, 0.25) is 19.7 Å².